The topological polar surface area (TPSA) is 39.3 Å². The van der Waals surface area contributed by atoms with Gasteiger partial charge in [-0.05, 0) is 46.6 Å². The molecule has 1 aliphatic heterocycles. The van der Waals surface area contributed by atoms with Crippen LogP contribution in [0.4, 0.5) is 5.69 Å². The minimum Gasteiger partial charge on any atom is -0.368 e. The third-order valence-electron chi connectivity index (χ3n) is 3.81. The molecule has 0 saturated carbocycles. The molecular formula is C16H18BrN3O. The molecular weight excluding hydrogens is 330 g/mol. The predicted molar refractivity (Wildman–Crippen MR) is 87.8 cm³/mol. The van der Waals surface area contributed by atoms with Crippen LogP contribution in [0, 0.1) is 6.92 Å². The van der Waals surface area contributed by atoms with Crippen molar-refractivity contribution in [3.05, 3.63) is 52.3 Å². The van der Waals surface area contributed by atoms with E-state index in [0.29, 0.717) is 5.69 Å². The molecule has 5 heteroatoms. The van der Waals surface area contributed by atoms with E-state index < -0.39 is 0 Å². The summed E-state index contributed by atoms with van der Waals surface area (Å²) in [5, 5.41) is 0. The lowest BCUT2D eigenvalue weighted by Gasteiger charge is -2.36. The molecule has 0 spiro atoms. The van der Waals surface area contributed by atoms with Crippen molar-refractivity contribution in [1.82, 2.24) is 9.88 Å². The number of anilines is 1. The van der Waals surface area contributed by atoms with E-state index >= 15 is 0 Å². The van der Waals surface area contributed by atoms with Gasteiger partial charge in [0.2, 0.25) is 0 Å². The second kappa shape index (κ2) is 5.93. The third-order valence-corrected chi connectivity index (χ3v) is 4.27. The fraction of sp³-hybridized carbons (Fsp3) is 0.312. The first-order valence-corrected chi connectivity index (χ1v) is 7.87. The maximum Gasteiger partial charge on any atom is 0.270 e. The summed E-state index contributed by atoms with van der Waals surface area (Å²) < 4.78 is 0.907. The lowest BCUT2D eigenvalue weighted by molar-refractivity contribution is 0.0741. The summed E-state index contributed by atoms with van der Waals surface area (Å²) in [5.41, 5.74) is 3.15. The average molecular weight is 348 g/mol. The molecule has 1 saturated heterocycles. The number of hydrogen-bond donors (Lipinski definition) is 1. The van der Waals surface area contributed by atoms with E-state index in [9.17, 15) is 4.79 Å². The first-order chi connectivity index (χ1) is 10.1. The Kier molecular flexibility index (Phi) is 4.01. The number of nitrogens with one attached hydrogen (secondary N) is 1. The molecule has 110 valence electrons. The zero-order valence-electron chi connectivity index (χ0n) is 12.0. The number of nitrogens with zero attached hydrogens (tertiary/aromatic N) is 2. The van der Waals surface area contributed by atoms with Crippen LogP contribution in [0.3, 0.4) is 0 Å². The lowest BCUT2D eigenvalue weighted by Crippen LogP contribution is -2.48. The highest BCUT2D eigenvalue weighted by Gasteiger charge is 2.23. The largest absolute Gasteiger partial charge is 0.368 e. The number of aromatic amines is 1. The minimum absolute atomic E-state index is 0.0737. The Morgan fingerprint density at radius 2 is 1.95 bits per heavy atom. The Morgan fingerprint density at radius 3 is 2.57 bits per heavy atom. The van der Waals surface area contributed by atoms with Crippen molar-refractivity contribution < 1.29 is 4.79 Å². The van der Waals surface area contributed by atoms with Crippen molar-refractivity contribution in [2.75, 3.05) is 31.1 Å². The Labute approximate surface area is 132 Å². The molecule has 1 aromatic heterocycles. The number of halogens is 1. The van der Waals surface area contributed by atoms with Gasteiger partial charge in [-0.25, -0.2) is 0 Å². The van der Waals surface area contributed by atoms with Gasteiger partial charge in [0.1, 0.15) is 5.69 Å². The number of carbonyl (C=O) groups is 1. The fourth-order valence-corrected chi connectivity index (χ4v) is 3.00. The molecule has 2 aromatic rings. The molecule has 1 fully saturated rings. The highest BCUT2D eigenvalue weighted by atomic mass is 79.9. The van der Waals surface area contributed by atoms with E-state index in [4.69, 9.17) is 0 Å². The molecule has 1 aliphatic rings. The van der Waals surface area contributed by atoms with Gasteiger partial charge in [-0.3, -0.25) is 4.79 Å². The van der Waals surface area contributed by atoms with Gasteiger partial charge >= 0.3 is 0 Å². The second-order valence-corrected chi connectivity index (χ2v) is 6.27. The molecule has 1 N–H and O–H groups in total. The van der Waals surface area contributed by atoms with Crippen molar-refractivity contribution in [2.45, 2.75) is 6.92 Å². The second-order valence-electron chi connectivity index (χ2n) is 5.35. The van der Waals surface area contributed by atoms with Crippen LogP contribution in [0.1, 0.15) is 16.1 Å². The van der Waals surface area contributed by atoms with Gasteiger partial charge in [0.25, 0.3) is 5.91 Å². The first-order valence-electron chi connectivity index (χ1n) is 7.08. The van der Waals surface area contributed by atoms with Gasteiger partial charge in [-0.1, -0.05) is 12.1 Å². The van der Waals surface area contributed by atoms with Gasteiger partial charge in [-0.15, -0.1) is 0 Å². The Balaban J connectivity index is 1.64. The van der Waals surface area contributed by atoms with E-state index in [1.165, 1.54) is 11.3 Å². The van der Waals surface area contributed by atoms with Crippen LogP contribution in [0.25, 0.3) is 0 Å². The highest BCUT2D eigenvalue weighted by Crippen LogP contribution is 2.19. The number of carbonyl (C=O) groups excluding carboxylic acids is 1. The molecule has 0 atom stereocenters. The molecule has 0 aliphatic carbocycles. The number of benzene rings is 1. The van der Waals surface area contributed by atoms with Crippen LogP contribution in [0.15, 0.2) is 41.0 Å². The van der Waals surface area contributed by atoms with Crippen LogP contribution >= 0.6 is 15.9 Å². The predicted octanol–water partition coefficient (Wildman–Crippen LogP) is 3.05. The minimum atomic E-state index is 0.0737. The van der Waals surface area contributed by atoms with Crippen LogP contribution in [-0.2, 0) is 0 Å². The van der Waals surface area contributed by atoms with E-state index in [1.807, 2.05) is 11.0 Å². The molecule has 0 bridgehead atoms. The van der Waals surface area contributed by atoms with Crippen molar-refractivity contribution in [3.63, 3.8) is 0 Å². The summed E-state index contributed by atoms with van der Waals surface area (Å²) in [6.45, 7) is 5.35. The van der Waals surface area contributed by atoms with Crippen LogP contribution in [0.5, 0.6) is 0 Å². The summed E-state index contributed by atoms with van der Waals surface area (Å²) in [5.74, 6) is 0.0737. The molecule has 0 unspecified atom stereocenters. The van der Waals surface area contributed by atoms with Gasteiger partial charge in [0, 0.05) is 42.5 Å². The summed E-state index contributed by atoms with van der Waals surface area (Å²) in [6, 6.07) is 10.3. The molecule has 1 amide bonds. The van der Waals surface area contributed by atoms with E-state index in [1.54, 1.807) is 6.20 Å². The third kappa shape index (κ3) is 3.13. The maximum absolute atomic E-state index is 12.4. The van der Waals surface area contributed by atoms with Crippen molar-refractivity contribution >= 4 is 27.5 Å². The maximum atomic E-state index is 12.4. The number of rotatable bonds is 2. The molecule has 21 heavy (non-hydrogen) atoms. The quantitative estimate of drug-likeness (QED) is 0.906. The van der Waals surface area contributed by atoms with Gasteiger partial charge in [0.05, 0.1) is 0 Å². The van der Waals surface area contributed by atoms with Crippen LogP contribution in [0.2, 0.25) is 0 Å². The number of aromatic nitrogens is 1. The Bertz CT molecular complexity index is 644. The smallest absolute Gasteiger partial charge is 0.270 e. The Hall–Kier alpha value is -1.75. The SMILES string of the molecule is Cc1cccc(N2CCN(C(=O)c3cc(Br)c[nH]3)CC2)c1. The molecule has 2 heterocycles. The van der Waals surface area contributed by atoms with Crippen LogP contribution < -0.4 is 4.90 Å². The molecule has 3 rings (SSSR count). The number of aryl methyl sites for hydroxylation is 1. The monoisotopic (exact) mass is 347 g/mol. The normalized spacial score (nSPS) is 15.3. The first kappa shape index (κ1) is 14.2. The fourth-order valence-electron chi connectivity index (χ4n) is 2.65. The summed E-state index contributed by atoms with van der Waals surface area (Å²) in [6.07, 6.45) is 1.79. The zero-order valence-corrected chi connectivity index (χ0v) is 13.6. The van der Waals surface area contributed by atoms with Crippen molar-refractivity contribution in [3.8, 4) is 0 Å². The zero-order chi connectivity index (χ0) is 14.8. The Morgan fingerprint density at radius 1 is 1.19 bits per heavy atom. The molecule has 4 nitrogen and oxygen atoms in total. The van der Waals surface area contributed by atoms with E-state index in [2.05, 4.69) is 57.0 Å². The average Bonchev–Trinajstić information content (AvgIpc) is 2.93. The number of piperazine rings is 1. The lowest BCUT2D eigenvalue weighted by atomic mass is 10.2. The number of hydrogen-bond acceptors (Lipinski definition) is 2. The molecule has 0 radical (unpaired) electrons. The van der Waals surface area contributed by atoms with Gasteiger partial charge < -0.3 is 14.8 Å². The summed E-state index contributed by atoms with van der Waals surface area (Å²) >= 11 is 3.36. The standard InChI is InChI=1S/C16H18BrN3O/c1-12-3-2-4-14(9-12)19-5-7-20(8-6-19)16(21)15-10-13(17)11-18-15/h2-4,9-11,18H,5-8H2,1H3. The van der Waals surface area contributed by atoms with Gasteiger partial charge in [-0.2, -0.15) is 0 Å². The highest BCUT2D eigenvalue weighted by molar-refractivity contribution is 9.10. The molecule has 1 aromatic carbocycles. The summed E-state index contributed by atoms with van der Waals surface area (Å²) in [4.78, 5) is 19.6. The van der Waals surface area contributed by atoms with E-state index in [-0.39, 0.29) is 5.91 Å². The van der Waals surface area contributed by atoms with Crippen molar-refractivity contribution in [2.24, 2.45) is 0 Å². The van der Waals surface area contributed by atoms with Gasteiger partial charge in [0.15, 0.2) is 0 Å². The summed E-state index contributed by atoms with van der Waals surface area (Å²) in [7, 11) is 0. The number of H-pyrrole nitrogens is 1. The van der Waals surface area contributed by atoms with Crippen LogP contribution in [-0.4, -0.2) is 42.0 Å². The number of amides is 1. The van der Waals surface area contributed by atoms with E-state index in [0.717, 1.165) is 30.7 Å². The van der Waals surface area contributed by atoms with Crippen molar-refractivity contribution in [1.29, 1.82) is 0 Å².